The number of aldehydes is 1. The van der Waals surface area contributed by atoms with E-state index in [2.05, 4.69) is 16.0 Å². The van der Waals surface area contributed by atoms with E-state index in [-0.39, 0.29) is 78.1 Å². The SMILES string of the molecule is N[C@@H]1NC(=O)[C@@H]2NCN(c3ccccc3[C@H]3c4cc5c(c(OC[C@H](O)CC=O)c4O[C@H]4O[C@@H](COC[C@@H]3CCCO)[C@H](O)[C@@H](O)[C@@H]4O)C(=O)c3ccccc3C5=O)[C@H]2N1. The van der Waals surface area contributed by atoms with Gasteiger partial charge < -0.3 is 59.5 Å². The summed E-state index contributed by atoms with van der Waals surface area (Å²) in [4.78, 5) is 55.5. The Kier molecular flexibility index (Phi) is 11.8. The number of ketones is 2. The van der Waals surface area contributed by atoms with E-state index in [1.54, 1.807) is 12.1 Å². The lowest BCUT2D eigenvalue weighted by Gasteiger charge is -2.40. The van der Waals surface area contributed by atoms with Gasteiger partial charge in [0, 0.05) is 46.9 Å². The molecule has 5 aliphatic rings. The molecule has 59 heavy (non-hydrogen) atoms. The Bertz CT molecular complexity index is 2100. The van der Waals surface area contributed by atoms with Crippen LogP contribution in [0.2, 0.25) is 0 Å². The Morgan fingerprint density at radius 1 is 0.949 bits per heavy atom. The second-order valence-corrected chi connectivity index (χ2v) is 15.4. The monoisotopic (exact) mass is 817 g/mol. The van der Waals surface area contributed by atoms with Crippen LogP contribution in [0, 0.1) is 5.92 Å². The van der Waals surface area contributed by atoms with Gasteiger partial charge in [-0.25, -0.2) is 0 Å². The molecule has 4 aliphatic heterocycles. The summed E-state index contributed by atoms with van der Waals surface area (Å²) in [6, 6.07) is 14.5. The van der Waals surface area contributed by atoms with Crippen molar-refractivity contribution in [3.05, 3.63) is 88.0 Å². The van der Waals surface area contributed by atoms with Gasteiger partial charge in [0.1, 0.15) is 55.8 Å². The molecule has 4 heterocycles. The number of ether oxygens (including phenoxy) is 4. The number of rotatable bonds is 10. The van der Waals surface area contributed by atoms with Crippen molar-refractivity contribution in [2.24, 2.45) is 11.7 Å². The summed E-state index contributed by atoms with van der Waals surface area (Å²) in [5, 5.41) is 63.4. The fourth-order valence-corrected chi connectivity index (χ4v) is 8.78. The van der Waals surface area contributed by atoms with E-state index in [4.69, 9.17) is 24.7 Å². The maximum atomic E-state index is 14.6. The normalized spacial score (nSPS) is 30.7. The van der Waals surface area contributed by atoms with Crippen molar-refractivity contribution < 1.29 is 63.7 Å². The Balaban J connectivity index is 1.40. The molecule has 18 nitrogen and oxygen atoms in total. The zero-order chi connectivity index (χ0) is 41.5. The van der Waals surface area contributed by atoms with Crippen molar-refractivity contribution in [2.45, 2.75) is 80.5 Å². The molecule has 0 unspecified atom stereocenters. The number of hydrogen-bond acceptors (Lipinski definition) is 17. The van der Waals surface area contributed by atoms with Gasteiger partial charge in [0.2, 0.25) is 12.2 Å². The molecule has 1 aliphatic carbocycles. The number of aliphatic hydroxyl groups is 5. The average molecular weight is 818 g/mol. The molecular formula is C41H47N5O13. The third-order valence-corrected chi connectivity index (χ3v) is 11.6. The number of hydrogen-bond donors (Lipinski definition) is 9. The number of nitrogens with one attached hydrogen (secondary N) is 3. The summed E-state index contributed by atoms with van der Waals surface area (Å²) in [7, 11) is 0. The lowest BCUT2D eigenvalue weighted by molar-refractivity contribution is -0.280. The largest absolute Gasteiger partial charge is 0.486 e. The van der Waals surface area contributed by atoms with E-state index >= 15 is 0 Å². The molecule has 8 rings (SSSR count). The number of anilines is 1. The van der Waals surface area contributed by atoms with Crippen LogP contribution in [0.3, 0.4) is 0 Å². The minimum absolute atomic E-state index is 0.0226. The molecule has 11 atom stereocenters. The molecule has 3 aromatic carbocycles. The second-order valence-electron chi connectivity index (χ2n) is 15.4. The first kappa shape index (κ1) is 40.9. The number of nitrogens with two attached hydrogens (primary N) is 1. The Hall–Kier alpha value is -4.86. The zero-order valence-corrected chi connectivity index (χ0v) is 31.8. The van der Waals surface area contributed by atoms with Gasteiger partial charge in [-0.15, -0.1) is 0 Å². The molecule has 1 amide bonds. The number of benzene rings is 3. The second kappa shape index (κ2) is 17.0. The molecule has 2 bridgehead atoms. The van der Waals surface area contributed by atoms with Crippen LogP contribution in [0.1, 0.15) is 68.2 Å². The molecule has 0 radical (unpaired) electrons. The highest BCUT2D eigenvalue weighted by Gasteiger charge is 2.49. The van der Waals surface area contributed by atoms with E-state index < -0.39 is 85.3 Å². The average Bonchev–Trinajstić information content (AvgIpc) is 3.65. The number of carbonyl (C=O) groups is 4. The first-order valence-electron chi connectivity index (χ1n) is 19.6. The highest BCUT2D eigenvalue weighted by atomic mass is 16.7. The number of fused-ring (bicyclic) bond motifs is 6. The van der Waals surface area contributed by atoms with Crippen LogP contribution >= 0.6 is 0 Å². The first-order valence-corrected chi connectivity index (χ1v) is 19.6. The van der Waals surface area contributed by atoms with Gasteiger partial charge in [-0.05, 0) is 36.5 Å². The number of para-hydroxylation sites is 1. The summed E-state index contributed by atoms with van der Waals surface area (Å²) in [6.45, 7) is -0.769. The minimum Gasteiger partial charge on any atom is -0.486 e. The summed E-state index contributed by atoms with van der Waals surface area (Å²) in [6.07, 6.45) is -10.1. The Morgan fingerprint density at radius 3 is 2.46 bits per heavy atom. The lowest BCUT2D eigenvalue weighted by atomic mass is 9.74. The van der Waals surface area contributed by atoms with Crippen LogP contribution in [0.15, 0.2) is 54.6 Å². The van der Waals surface area contributed by atoms with Gasteiger partial charge in [-0.2, -0.15) is 0 Å². The first-order chi connectivity index (χ1) is 28.5. The third-order valence-electron chi connectivity index (χ3n) is 11.6. The molecular weight excluding hydrogens is 770 g/mol. The Labute approximate surface area is 338 Å². The van der Waals surface area contributed by atoms with E-state index in [0.717, 1.165) is 0 Å². The van der Waals surface area contributed by atoms with Crippen molar-refractivity contribution in [1.82, 2.24) is 16.0 Å². The number of amides is 1. The van der Waals surface area contributed by atoms with E-state index in [9.17, 15) is 44.7 Å². The van der Waals surface area contributed by atoms with Crippen molar-refractivity contribution in [1.29, 1.82) is 0 Å². The van der Waals surface area contributed by atoms with Crippen LogP contribution in [-0.2, 0) is 19.1 Å². The molecule has 3 fully saturated rings. The van der Waals surface area contributed by atoms with Gasteiger partial charge in [0.15, 0.2) is 23.1 Å². The van der Waals surface area contributed by atoms with Gasteiger partial charge in [-0.1, -0.05) is 42.5 Å². The van der Waals surface area contributed by atoms with Crippen molar-refractivity contribution >= 4 is 29.4 Å². The summed E-state index contributed by atoms with van der Waals surface area (Å²) >= 11 is 0. The fraction of sp³-hybridized carbons (Fsp3) is 0.463. The van der Waals surface area contributed by atoms with Gasteiger partial charge >= 0.3 is 0 Å². The van der Waals surface area contributed by atoms with Crippen LogP contribution < -0.4 is 36.1 Å². The van der Waals surface area contributed by atoms with Gasteiger partial charge in [0.05, 0.1) is 31.5 Å². The molecule has 3 aromatic rings. The predicted molar refractivity (Wildman–Crippen MR) is 205 cm³/mol. The standard InChI is InChI=1S/C41H47N5O13/c42-41-44-38-30(39(55)45-41)43-18-46(38)26-10-4-3-9-23(26)28-19(6-5-12-47)15-56-17-27-33(52)34(53)35(54)40(58-27)59-36-25(28)14-24-29(37(36)57-16-20(49)11-13-48)32(51)22-8-2-1-7-21(22)31(24)50/h1-4,7-10,13-14,19-20,27-28,30,33-35,38,40-41,43-44,47,49,52-54H,5-6,11-12,15-18,42H2,(H,45,55)/t19-,20+,27-,28-,30+,33-,34+,35-,38+,40+,41-/m0/s1. The van der Waals surface area contributed by atoms with Gasteiger partial charge in [0.25, 0.3) is 0 Å². The van der Waals surface area contributed by atoms with Gasteiger partial charge in [-0.3, -0.25) is 30.8 Å². The van der Waals surface area contributed by atoms with E-state index in [1.165, 1.54) is 18.2 Å². The highest BCUT2D eigenvalue weighted by Crippen LogP contribution is 2.51. The minimum atomic E-state index is -1.84. The third kappa shape index (κ3) is 7.50. The summed E-state index contributed by atoms with van der Waals surface area (Å²) in [5.41, 5.74) is 7.69. The smallest absolute Gasteiger partial charge is 0.242 e. The summed E-state index contributed by atoms with van der Waals surface area (Å²) < 4.78 is 25.2. The van der Waals surface area contributed by atoms with Crippen LogP contribution in [0.4, 0.5) is 5.69 Å². The maximum absolute atomic E-state index is 14.6. The van der Waals surface area contributed by atoms with E-state index in [0.29, 0.717) is 30.4 Å². The van der Waals surface area contributed by atoms with Crippen LogP contribution in [-0.4, -0.2) is 138 Å². The molecule has 18 heteroatoms. The molecule has 0 aromatic heterocycles. The molecule has 10 N–H and O–H groups in total. The van der Waals surface area contributed by atoms with Crippen LogP contribution in [0.5, 0.6) is 11.5 Å². The quantitative estimate of drug-likeness (QED) is 0.0829. The topological polar surface area (TPSA) is 272 Å². The Morgan fingerprint density at radius 2 is 1.69 bits per heavy atom. The summed E-state index contributed by atoms with van der Waals surface area (Å²) in [5.74, 6) is -3.27. The van der Waals surface area contributed by atoms with Crippen molar-refractivity contribution in [2.75, 3.05) is 38.0 Å². The van der Waals surface area contributed by atoms with Crippen molar-refractivity contribution in [3.8, 4) is 11.5 Å². The zero-order valence-electron chi connectivity index (χ0n) is 31.8. The molecule has 314 valence electrons. The number of aliphatic hydroxyl groups excluding tert-OH is 5. The molecule has 0 spiro atoms. The molecule has 3 saturated heterocycles. The highest BCUT2D eigenvalue weighted by molar-refractivity contribution is 6.29. The van der Waals surface area contributed by atoms with E-state index in [1.807, 2.05) is 29.2 Å². The lowest BCUT2D eigenvalue weighted by Crippen LogP contribution is -2.70. The van der Waals surface area contributed by atoms with Crippen molar-refractivity contribution in [3.63, 3.8) is 0 Å². The number of carbonyl (C=O) groups excluding carboxylic acids is 4. The fourth-order valence-electron chi connectivity index (χ4n) is 8.78. The number of nitrogens with zero attached hydrogens (tertiary/aromatic N) is 1. The molecule has 0 saturated carbocycles. The predicted octanol–water partition coefficient (Wildman–Crippen LogP) is -1.45. The maximum Gasteiger partial charge on any atom is 0.242 e. The van der Waals surface area contributed by atoms with Crippen LogP contribution in [0.25, 0.3) is 0 Å².